The van der Waals surface area contributed by atoms with Gasteiger partial charge in [0.15, 0.2) is 0 Å². The van der Waals surface area contributed by atoms with E-state index in [1.807, 2.05) is 43.3 Å². The Hall–Kier alpha value is -1.94. The molecular formula is C13H12N2OS. The van der Waals surface area contributed by atoms with E-state index in [1.54, 1.807) is 6.08 Å². The van der Waals surface area contributed by atoms with Crippen molar-refractivity contribution in [2.45, 2.75) is 6.92 Å². The second-order valence-corrected chi connectivity index (χ2v) is 4.37. The van der Waals surface area contributed by atoms with E-state index < -0.39 is 0 Å². The molecule has 0 spiro atoms. The molecule has 0 saturated carbocycles. The first-order valence-corrected chi connectivity index (χ1v) is 5.99. The minimum atomic E-state index is -0.141. The Morgan fingerprint density at radius 1 is 1.35 bits per heavy atom. The number of anilines is 1. The molecule has 1 amide bonds. The molecule has 0 aliphatic carbocycles. The lowest BCUT2D eigenvalue weighted by atomic mass is 10.2. The summed E-state index contributed by atoms with van der Waals surface area (Å²) < 4.78 is 4.09. The van der Waals surface area contributed by atoms with E-state index in [9.17, 15) is 4.79 Å². The number of hydrogen-bond acceptors (Lipinski definition) is 3. The number of hydrogen-bond donors (Lipinski definition) is 1. The number of nitrogens with one attached hydrogen (secondary N) is 1. The minimum Gasteiger partial charge on any atom is -0.313 e. The van der Waals surface area contributed by atoms with Gasteiger partial charge in [0.05, 0.1) is 5.69 Å². The van der Waals surface area contributed by atoms with Crippen LogP contribution in [0.15, 0.2) is 42.5 Å². The summed E-state index contributed by atoms with van der Waals surface area (Å²) >= 11 is 1.28. The van der Waals surface area contributed by atoms with Gasteiger partial charge in [-0.25, -0.2) is 0 Å². The fraction of sp³-hybridized carbons (Fsp3) is 0.0769. The molecule has 86 valence electrons. The van der Waals surface area contributed by atoms with Crippen LogP contribution in [0.2, 0.25) is 0 Å². The van der Waals surface area contributed by atoms with Crippen LogP contribution >= 0.6 is 11.5 Å². The molecule has 2 aromatic rings. The number of benzene rings is 1. The largest absolute Gasteiger partial charge is 0.313 e. The fourth-order valence-corrected chi connectivity index (χ4v) is 1.99. The summed E-state index contributed by atoms with van der Waals surface area (Å²) in [5.74, 6) is -0.141. The predicted octanol–water partition coefficient (Wildman–Crippen LogP) is 3.10. The van der Waals surface area contributed by atoms with Crippen LogP contribution in [0.1, 0.15) is 11.3 Å². The second kappa shape index (κ2) is 5.41. The molecule has 1 aromatic carbocycles. The first kappa shape index (κ1) is 11.5. The normalized spacial score (nSPS) is 10.6. The van der Waals surface area contributed by atoms with Crippen LogP contribution in [0, 0.1) is 6.92 Å². The SMILES string of the molecule is Cc1cc(NC(=O)C=Cc2ccccc2)sn1. The highest BCUT2D eigenvalue weighted by Crippen LogP contribution is 2.15. The number of aromatic nitrogens is 1. The molecule has 0 atom stereocenters. The molecule has 0 unspecified atom stereocenters. The zero-order valence-electron chi connectivity index (χ0n) is 9.38. The van der Waals surface area contributed by atoms with Crippen molar-refractivity contribution in [1.82, 2.24) is 4.37 Å². The van der Waals surface area contributed by atoms with Crippen LogP contribution in [0.25, 0.3) is 6.08 Å². The number of carbonyl (C=O) groups is 1. The van der Waals surface area contributed by atoms with Gasteiger partial charge in [0, 0.05) is 6.08 Å². The molecule has 0 radical (unpaired) electrons. The standard InChI is InChI=1S/C13H12N2OS/c1-10-9-13(17-15-10)14-12(16)8-7-11-5-3-2-4-6-11/h2-9H,1H3,(H,14,16). The predicted molar refractivity (Wildman–Crippen MR) is 71.0 cm³/mol. The van der Waals surface area contributed by atoms with Gasteiger partial charge >= 0.3 is 0 Å². The lowest BCUT2D eigenvalue weighted by Crippen LogP contribution is -2.05. The first-order chi connectivity index (χ1) is 8.24. The van der Waals surface area contributed by atoms with Gasteiger partial charge in [-0.15, -0.1) is 0 Å². The van der Waals surface area contributed by atoms with Crippen molar-refractivity contribution in [2.24, 2.45) is 0 Å². The first-order valence-electron chi connectivity index (χ1n) is 5.21. The Morgan fingerprint density at radius 2 is 2.12 bits per heavy atom. The number of rotatable bonds is 3. The average molecular weight is 244 g/mol. The van der Waals surface area contributed by atoms with E-state index in [-0.39, 0.29) is 5.91 Å². The molecule has 1 N–H and O–H groups in total. The van der Waals surface area contributed by atoms with Crippen molar-refractivity contribution in [3.05, 3.63) is 53.7 Å². The summed E-state index contributed by atoms with van der Waals surface area (Å²) in [5, 5.41) is 3.53. The molecule has 0 aliphatic rings. The Morgan fingerprint density at radius 3 is 2.76 bits per heavy atom. The highest BCUT2D eigenvalue weighted by Gasteiger charge is 2.00. The monoisotopic (exact) mass is 244 g/mol. The molecule has 1 heterocycles. The maximum Gasteiger partial charge on any atom is 0.249 e. The Labute approximate surface area is 104 Å². The smallest absolute Gasteiger partial charge is 0.249 e. The topological polar surface area (TPSA) is 42.0 Å². The molecule has 0 aliphatic heterocycles. The molecule has 17 heavy (non-hydrogen) atoms. The molecular weight excluding hydrogens is 232 g/mol. The summed E-state index contributed by atoms with van der Waals surface area (Å²) in [7, 11) is 0. The number of carbonyl (C=O) groups excluding carboxylic acids is 1. The van der Waals surface area contributed by atoms with Gasteiger partial charge in [-0.05, 0) is 36.2 Å². The molecule has 0 saturated heterocycles. The second-order valence-electron chi connectivity index (χ2n) is 3.57. The van der Waals surface area contributed by atoms with Gasteiger partial charge in [-0.3, -0.25) is 4.79 Å². The van der Waals surface area contributed by atoms with E-state index in [4.69, 9.17) is 0 Å². The summed E-state index contributed by atoms with van der Waals surface area (Å²) in [5.41, 5.74) is 1.92. The van der Waals surface area contributed by atoms with Crippen LogP contribution in [0.4, 0.5) is 5.00 Å². The van der Waals surface area contributed by atoms with E-state index >= 15 is 0 Å². The van der Waals surface area contributed by atoms with Gasteiger partial charge in [-0.2, -0.15) is 4.37 Å². The van der Waals surface area contributed by atoms with Crippen LogP contribution in [-0.4, -0.2) is 10.3 Å². The van der Waals surface area contributed by atoms with E-state index in [0.29, 0.717) is 0 Å². The lowest BCUT2D eigenvalue weighted by molar-refractivity contribution is -0.111. The third kappa shape index (κ3) is 3.53. The van der Waals surface area contributed by atoms with Gasteiger partial charge in [0.25, 0.3) is 0 Å². The van der Waals surface area contributed by atoms with Crippen molar-refractivity contribution in [3.63, 3.8) is 0 Å². The maximum absolute atomic E-state index is 11.6. The lowest BCUT2D eigenvalue weighted by Gasteiger charge is -1.95. The highest BCUT2D eigenvalue weighted by atomic mass is 32.1. The Bertz CT molecular complexity index is 531. The average Bonchev–Trinajstić information content (AvgIpc) is 2.73. The van der Waals surface area contributed by atoms with E-state index in [0.717, 1.165) is 16.3 Å². The number of amides is 1. The van der Waals surface area contributed by atoms with Crippen LogP contribution in [0.3, 0.4) is 0 Å². The van der Waals surface area contributed by atoms with Crippen LogP contribution in [0.5, 0.6) is 0 Å². The van der Waals surface area contributed by atoms with Crippen molar-refractivity contribution < 1.29 is 4.79 Å². The molecule has 0 fully saturated rings. The van der Waals surface area contributed by atoms with Crippen molar-refractivity contribution >= 4 is 28.5 Å². The Kier molecular flexibility index (Phi) is 3.67. The summed E-state index contributed by atoms with van der Waals surface area (Å²) in [4.78, 5) is 11.6. The molecule has 0 bridgehead atoms. The third-order valence-electron chi connectivity index (χ3n) is 2.10. The molecule has 4 heteroatoms. The third-order valence-corrected chi connectivity index (χ3v) is 2.90. The van der Waals surface area contributed by atoms with Gasteiger partial charge in [0.1, 0.15) is 5.00 Å². The molecule has 3 nitrogen and oxygen atoms in total. The van der Waals surface area contributed by atoms with Crippen molar-refractivity contribution in [3.8, 4) is 0 Å². The minimum absolute atomic E-state index is 0.141. The van der Waals surface area contributed by atoms with Gasteiger partial charge in [-0.1, -0.05) is 30.3 Å². The molecule has 1 aromatic heterocycles. The summed E-state index contributed by atoms with van der Waals surface area (Å²) in [6.07, 6.45) is 3.30. The maximum atomic E-state index is 11.6. The highest BCUT2D eigenvalue weighted by molar-refractivity contribution is 7.10. The Balaban J connectivity index is 1.96. The summed E-state index contributed by atoms with van der Waals surface area (Å²) in [6, 6.07) is 11.5. The van der Waals surface area contributed by atoms with Crippen molar-refractivity contribution in [1.29, 1.82) is 0 Å². The van der Waals surface area contributed by atoms with Crippen LogP contribution in [-0.2, 0) is 4.79 Å². The van der Waals surface area contributed by atoms with Gasteiger partial charge in [0.2, 0.25) is 5.91 Å². The number of nitrogens with zero attached hydrogens (tertiary/aromatic N) is 1. The molecule has 2 rings (SSSR count). The van der Waals surface area contributed by atoms with E-state index in [2.05, 4.69) is 9.69 Å². The quantitative estimate of drug-likeness (QED) is 0.843. The zero-order valence-corrected chi connectivity index (χ0v) is 10.2. The zero-order chi connectivity index (χ0) is 12.1. The van der Waals surface area contributed by atoms with Crippen molar-refractivity contribution in [2.75, 3.05) is 5.32 Å². The fourth-order valence-electron chi connectivity index (χ4n) is 1.32. The van der Waals surface area contributed by atoms with Crippen LogP contribution < -0.4 is 5.32 Å². The van der Waals surface area contributed by atoms with Gasteiger partial charge < -0.3 is 5.32 Å². The van der Waals surface area contributed by atoms with E-state index in [1.165, 1.54) is 17.6 Å². The number of aryl methyl sites for hydroxylation is 1. The summed E-state index contributed by atoms with van der Waals surface area (Å²) in [6.45, 7) is 1.89.